The summed E-state index contributed by atoms with van der Waals surface area (Å²) in [5.74, 6) is 1.29. The van der Waals surface area contributed by atoms with E-state index in [-0.39, 0.29) is 4.90 Å². The zero-order chi connectivity index (χ0) is 22.0. The number of aromatic nitrogens is 4. The molecule has 2 heterocycles. The number of rotatable bonds is 6. The van der Waals surface area contributed by atoms with E-state index >= 15 is 0 Å². The second-order valence-electron chi connectivity index (χ2n) is 7.05. The first kappa shape index (κ1) is 19.7. The lowest BCUT2D eigenvalue weighted by Crippen LogP contribution is -2.12. The smallest absolute Gasteiger partial charge is 0.261 e. The minimum atomic E-state index is -3.71. The molecule has 0 aliphatic rings. The molecule has 0 bridgehead atoms. The van der Waals surface area contributed by atoms with Gasteiger partial charge in [-0.3, -0.25) is 9.29 Å². The van der Waals surface area contributed by atoms with Crippen LogP contribution < -0.4 is 10.0 Å². The van der Waals surface area contributed by atoms with Gasteiger partial charge in [0.15, 0.2) is 0 Å². The summed E-state index contributed by atoms with van der Waals surface area (Å²) in [6, 6.07) is 21.4. The quantitative estimate of drug-likeness (QED) is 0.405. The van der Waals surface area contributed by atoms with Gasteiger partial charge >= 0.3 is 0 Å². The number of nitrogens with one attached hydrogen (secondary N) is 2. The Kier molecular flexibility index (Phi) is 5.00. The van der Waals surface area contributed by atoms with Crippen molar-refractivity contribution < 1.29 is 8.42 Å². The van der Waals surface area contributed by atoms with Crippen molar-refractivity contribution in [2.75, 3.05) is 10.0 Å². The third kappa shape index (κ3) is 4.14. The number of hydrogen-bond acceptors (Lipinski definition) is 6. The highest BCUT2D eigenvalue weighted by Crippen LogP contribution is 2.23. The van der Waals surface area contributed by atoms with Crippen LogP contribution in [-0.4, -0.2) is 27.9 Å². The molecule has 0 unspecified atom stereocenters. The second kappa shape index (κ2) is 8.12. The fraction of sp³-hybridized carbons (Fsp3) is 0. The van der Waals surface area contributed by atoms with Crippen molar-refractivity contribution >= 4 is 38.0 Å². The summed E-state index contributed by atoms with van der Waals surface area (Å²) in [5, 5.41) is 5.04. The maximum Gasteiger partial charge on any atom is 0.261 e. The molecule has 5 aromatic rings. The number of sulfonamides is 1. The summed E-state index contributed by atoms with van der Waals surface area (Å²) in [5.41, 5.74) is 1.22. The molecule has 2 N–H and O–H groups in total. The molecule has 0 spiro atoms. The van der Waals surface area contributed by atoms with Crippen LogP contribution in [0, 0.1) is 0 Å². The van der Waals surface area contributed by atoms with Crippen molar-refractivity contribution in [2.45, 2.75) is 4.90 Å². The van der Waals surface area contributed by atoms with Crippen LogP contribution in [0.5, 0.6) is 0 Å². The first-order valence-corrected chi connectivity index (χ1v) is 11.2. The van der Waals surface area contributed by atoms with E-state index in [1.165, 1.54) is 6.33 Å². The molecule has 9 heteroatoms. The topological polar surface area (TPSA) is 102 Å². The Balaban J connectivity index is 1.32. The molecular weight excluding hydrogens is 424 g/mol. The van der Waals surface area contributed by atoms with Crippen LogP contribution in [0.25, 0.3) is 16.6 Å². The number of imidazole rings is 1. The number of anilines is 3. The number of benzene rings is 3. The number of nitrogens with zero attached hydrogens (tertiary/aromatic N) is 4. The minimum Gasteiger partial charge on any atom is -0.340 e. The van der Waals surface area contributed by atoms with Gasteiger partial charge in [-0.05, 0) is 47.2 Å². The highest BCUT2D eigenvalue weighted by molar-refractivity contribution is 7.92. The normalized spacial score (nSPS) is 11.4. The van der Waals surface area contributed by atoms with E-state index in [2.05, 4.69) is 25.0 Å². The lowest BCUT2D eigenvalue weighted by molar-refractivity contribution is 0.601. The summed E-state index contributed by atoms with van der Waals surface area (Å²) in [7, 11) is -3.71. The van der Waals surface area contributed by atoms with Crippen molar-refractivity contribution in [3.63, 3.8) is 0 Å². The van der Waals surface area contributed by atoms with Gasteiger partial charge in [0.1, 0.15) is 24.3 Å². The molecule has 3 aromatic carbocycles. The van der Waals surface area contributed by atoms with Gasteiger partial charge in [-0.1, -0.05) is 30.3 Å². The molecule has 0 aliphatic carbocycles. The lowest BCUT2D eigenvalue weighted by atomic mass is 10.1. The van der Waals surface area contributed by atoms with Crippen molar-refractivity contribution in [1.29, 1.82) is 0 Å². The van der Waals surface area contributed by atoms with Gasteiger partial charge < -0.3 is 5.32 Å². The summed E-state index contributed by atoms with van der Waals surface area (Å²) in [6.45, 7) is 0. The summed E-state index contributed by atoms with van der Waals surface area (Å²) < 4.78 is 30.0. The Labute approximate surface area is 184 Å². The Bertz CT molecular complexity index is 1480. The predicted molar refractivity (Wildman–Crippen MR) is 124 cm³/mol. The van der Waals surface area contributed by atoms with Crippen LogP contribution in [-0.2, 0) is 10.0 Å². The van der Waals surface area contributed by atoms with Gasteiger partial charge in [-0.15, -0.1) is 0 Å². The molecule has 158 valence electrons. The zero-order valence-corrected chi connectivity index (χ0v) is 17.6. The van der Waals surface area contributed by atoms with Crippen molar-refractivity contribution in [2.24, 2.45) is 0 Å². The predicted octanol–water partition coefficient (Wildman–Crippen LogP) is 4.36. The van der Waals surface area contributed by atoms with Crippen molar-refractivity contribution in [3.05, 3.63) is 97.8 Å². The Morgan fingerprint density at radius 1 is 0.812 bits per heavy atom. The SMILES string of the molecule is O=S(=O)(Nc1ccc(Nc2cc(-n3ccnc3)ncn2)cc1)c1ccc2ccccc2c1. The van der Waals surface area contributed by atoms with E-state index in [0.717, 1.165) is 16.5 Å². The molecular formula is C23H18N6O2S. The Morgan fingerprint density at radius 2 is 1.59 bits per heavy atom. The van der Waals surface area contributed by atoms with Gasteiger partial charge in [0.25, 0.3) is 10.0 Å². The zero-order valence-electron chi connectivity index (χ0n) is 16.8. The first-order valence-electron chi connectivity index (χ1n) is 9.76. The molecule has 0 atom stereocenters. The van der Waals surface area contributed by atoms with Crippen molar-refractivity contribution in [1.82, 2.24) is 19.5 Å². The largest absolute Gasteiger partial charge is 0.340 e. The fourth-order valence-electron chi connectivity index (χ4n) is 3.27. The lowest BCUT2D eigenvalue weighted by Gasteiger charge is -2.11. The number of fused-ring (bicyclic) bond motifs is 1. The van der Waals surface area contributed by atoms with Gasteiger partial charge in [-0.2, -0.15) is 0 Å². The maximum atomic E-state index is 12.8. The van der Waals surface area contributed by atoms with E-state index in [1.54, 1.807) is 71.8 Å². The summed E-state index contributed by atoms with van der Waals surface area (Å²) in [4.78, 5) is 12.7. The third-order valence-electron chi connectivity index (χ3n) is 4.86. The first-order chi connectivity index (χ1) is 15.6. The summed E-state index contributed by atoms with van der Waals surface area (Å²) >= 11 is 0. The third-order valence-corrected chi connectivity index (χ3v) is 6.24. The van der Waals surface area contributed by atoms with Gasteiger partial charge in [0, 0.05) is 29.8 Å². The van der Waals surface area contributed by atoms with Crippen LogP contribution in [0.1, 0.15) is 0 Å². The average molecular weight is 443 g/mol. The van der Waals surface area contributed by atoms with Crippen LogP contribution in [0.15, 0.2) is 103 Å². The highest BCUT2D eigenvalue weighted by Gasteiger charge is 2.14. The molecule has 5 rings (SSSR count). The van der Waals surface area contributed by atoms with E-state index in [9.17, 15) is 8.42 Å². The summed E-state index contributed by atoms with van der Waals surface area (Å²) in [6.07, 6.45) is 6.59. The van der Waals surface area contributed by atoms with E-state index < -0.39 is 10.0 Å². The van der Waals surface area contributed by atoms with Crippen molar-refractivity contribution in [3.8, 4) is 5.82 Å². The Morgan fingerprint density at radius 3 is 2.38 bits per heavy atom. The fourth-order valence-corrected chi connectivity index (χ4v) is 4.36. The highest BCUT2D eigenvalue weighted by atomic mass is 32.2. The second-order valence-corrected chi connectivity index (χ2v) is 8.73. The van der Waals surface area contributed by atoms with Crippen LogP contribution in [0.2, 0.25) is 0 Å². The van der Waals surface area contributed by atoms with Gasteiger partial charge in [-0.25, -0.2) is 23.4 Å². The molecule has 2 aromatic heterocycles. The molecule has 0 aliphatic heterocycles. The molecule has 0 saturated carbocycles. The average Bonchev–Trinajstić information content (AvgIpc) is 3.35. The standard InChI is InChI=1S/C23H18N6O2S/c30-32(31,21-10-5-17-3-1-2-4-18(17)13-21)28-20-8-6-19(7-9-20)27-22-14-23(26-15-25-22)29-12-11-24-16-29/h1-16,28H,(H,25,26,27). The number of hydrogen-bond donors (Lipinski definition) is 2. The van der Waals surface area contributed by atoms with Gasteiger partial charge in [0.05, 0.1) is 4.90 Å². The molecule has 0 fully saturated rings. The van der Waals surface area contributed by atoms with E-state index in [4.69, 9.17) is 0 Å². The van der Waals surface area contributed by atoms with Crippen LogP contribution in [0.3, 0.4) is 0 Å². The monoisotopic (exact) mass is 442 g/mol. The van der Waals surface area contributed by atoms with E-state index in [0.29, 0.717) is 17.3 Å². The molecule has 0 saturated heterocycles. The van der Waals surface area contributed by atoms with Crippen LogP contribution in [0.4, 0.5) is 17.2 Å². The molecule has 0 radical (unpaired) electrons. The molecule has 8 nitrogen and oxygen atoms in total. The minimum absolute atomic E-state index is 0.214. The Hall–Kier alpha value is -4.24. The van der Waals surface area contributed by atoms with E-state index in [1.807, 2.05) is 24.3 Å². The van der Waals surface area contributed by atoms with Gasteiger partial charge in [0.2, 0.25) is 0 Å². The maximum absolute atomic E-state index is 12.8. The molecule has 32 heavy (non-hydrogen) atoms. The molecule has 0 amide bonds. The van der Waals surface area contributed by atoms with Crippen LogP contribution >= 0.6 is 0 Å².